The monoisotopic (exact) mass is 356 g/mol. The molecule has 0 saturated heterocycles. The van der Waals surface area contributed by atoms with Gasteiger partial charge in [-0.25, -0.2) is 0 Å². The molecule has 4 nitrogen and oxygen atoms in total. The van der Waals surface area contributed by atoms with Crippen LogP contribution in [-0.2, 0) is 5.54 Å². The van der Waals surface area contributed by atoms with Gasteiger partial charge < -0.3 is 5.32 Å². The Labute approximate surface area is 152 Å². The molecule has 0 bridgehead atoms. The van der Waals surface area contributed by atoms with Crippen molar-refractivity contribution < 1.29 is 9.59 Å². The molecule has 0 atom stereocenters. The van der Waals surface area contributed by atoms with Crippen molar-refractivity contribution in [2.45, 2.75) is 25.8 Å². The van der Waals surface area contributed by atoms with E-state index in [2.05, 4.69) is 19.2 Å². The molecule has 3 rings (SSSR count). The Morgan fingerprint density at radius 3 is 2.08 bits per heavy atom. The fraction of sp³-hybridized carbons (Fsp3) is 0.300. The maximum absolute atomic E-state index is 12.3. The van der Waals surface area contributed by atoms with Crippen molar-refractivity contribution in [1.82, 2.24) is 10.2 Å². The van der Waals surface area contributed by atoms with Crippen molar-refractivity contribution in [3.05, 3.63) is 70.2 Å². The maximum Gasteiger partial charge on any atom is 0.261 e. The lowest BCUT2D eigenvalue weighted by Gasteiger charge is -2.27. The topological polar surface area (TPSA) is 49.4 Å². The number of nitrogens with one attached hydrogen (secondary N) is 1. The maximum atomic E-state index is 12.3. The van der Waals surface area contributed by atoms with Crippen LogP contribution in [-0.4, -0.2) is 29.8 Å². The van der Waals surface area contributed by atoms with Crippen LogP contribution in [0.5, 0.6) is 0 Å². The Hall–Kier alpha value is -2.17. The van der Waals surface area contributed by atoms with Crippen molar-refractivity contribution in [2.24, 2.45) is 0 Å². The molecule has 0 saturated carbocycles. The van der Waals surface area contributed by atoms with Gasteiger partial charge in [0.2, 0.25) is 0 Å². The van der Waals surface area contributed by atoms with E-state index in [4.69, 9.17) is 11.6 Å². The molecule has 2 aromatic carbocycles. The molecule has 1 aliphatic rings. The van der Waals surface area contributed by atoms with E-state index in [0.29, 0.717) is 35.7 Å². The first-order valence-electron chi connectivity index (χ1n) is 8.36. The summed E-state index contributed by atoms with van der Waals surface area (Å²) in [5.41, 5.74) is 1.92. The van der Waals surface area contributed by atoms with Crippen molar-refractivity contribution >= 4 is 23.4 Å². The quantitative estimate of drug-likeness (QED) is 0.631. The van der Waals surface area contributed by atoms with Crippen LogP contribution in [0, 0.1) is 0 Å². The molecule has 0 unspecified atom stereocenters. The van der Waals surface area contributed by atoms with Gasteiger partial charge in [-0.1, -0.05) is 35.9 Å². The van der Waals surface area contributed by atoms with Gasteiger partial charge in [0, 0.05) is 17.1 Å². The van der Waals surface area contributed by atoms with Crippen LogP contribution < -0.4 is 5.32 Å². The zero-order valence-corrected chi connectivity index (χ0v) is 15.1. The Morgan fingerprint density at radius 2 is 1.52 bits per heavy atom. The number of hydrogen-bond donors (Lipinski definition) is 1. The van der Waals surface area contributed by atoms with Crippen LogP contribution in [0.2, 0.25) is 5.02 Å². The second-order valence-electron chi connectivity index (χ2n) is 6.72. The predicted octanol–water partition coefficient (Wildman–Crippen LogP) is 3.85. The number of amides is 2. The van der Waals surface area contributed by atoms with E-state index in [1.807, 2.05) is 24.3 Å². The van der Waals surface area contributed by atoms with E-state index >= 15 is 0 Å². The normalized spacial score (nSPS) is 14.1. The SMILES string of the molecule is CC(C)(NCCCN1C(=O)c2ccccc2C1=O)c1ccc(Cl)cc1. The highest BCUT2D eigenvalue weighted by Gasteiger charge is 2.34. The molecule has 0 spiro atoms. The van der Waals surface area contributed by atoms with E-state index < -0.39 is 0 Å². The number of rotatable bonds is 6. The summed E-state index contributed by atoms with van der Waals surface area (Å²) in [5, 5.41) is 4.19. The molecule has 0 aromatic heterocycles. The molecule has 1 N–H and O–H groups in total. The van der Waals surface area contributed by atoms with Crippen LogP contribution in [0.15, 0.2) is 48.5 Å². The summed E-state index contributed by atoms with van der Waals surface area (Å²) in [5.74, 6) is -0.393. The van der Waals surface area contributed by atoms with E-state index in [1.54, 1.807) is 24.3 Å². The molecule has 130 valence electrons. The first-order valence-corrected chi connectivity index (χ1v) is 8.74. The highest BCUT2D eigenvalue weighted by atomic mass is 35.5. The summed E-state index contributed by atoms with van der Waals surface area (Å²) in [4.78, 5) is 26.0. The third-order valence-corrected chi connectivity index (χ3v) is 4.82. The molecule has 25 heavy (non-hydrogen) atoms. The van der Waals surface area contributed by atoms with E-state index in [0.717, 1.165) is 5.56 Å². The molecule has 0 radical (unpaired) electrons. The zero-order valence-electron chi connectivity index (χ0n) is 14.4. The standard InChI is InChI=1S/C20H21ClN2O2/c1-20(2,14-8-10-15(21)11-9-14)22-12-5-13-23-18(24)16-6-3-4-7-17(16)19(23)25/h3-4,6-11,22H,5,12-13H2,1-2H3. The fourth-order valence-corrected chi connectivity index (χ4v) is 3.17. The third-order valence-electron chi connectivity index (χ3n) is 4.57. The van der Waals surface area contributed by atoms with Gasteiger partial charge in [0.1, 0.15) is 0 Å². The lowest BCUT2D eigenvalue weighted by Crippen LogP contribution is -2.39. The minimum absolute atomic E-state index is 0.197. The first kappa shape index (κ1) is 17.6. The summed E-state index contributed by atoms with van der Waals surface area (Å²) in [7, 11) is 0. The van der Waals surface area contributed by atoms with Crippen molar-refractivity contribution in [1.29, 1.82) is 0 Å². The number of nitrogens with zero attached hydrogens (tertiary/aromatic N) is 1. The average molecular weight is 357 g/mol. The number of fused-ring (bicyclic) bond motifs is 1. The summed E-state index contributed by atoms with van der Waals surface area (Å²) >= 11 is 5.94. The van der Waals surface area contributed by atoms with Gasteiger partial charge in [-0.2, -0.15) is 0 Å². The van der Waals surface area contributed by atoms with Gasteiger partial charge in [0.25, 0.3) is 11.8 Å². The van der Waals surface area contributed by atoms with Crippen LogP contribution >= 0.6 is 11.6 Å². The highest BCUT2D eigenvalue weighted by molar-refractivity contribution is 6.30. The zero-order chi connectivity index (χ0) is 18.0. The number of benzene rings is 2. The average Bonchev–Trinajstić information content (AvgIpc) is 2.84. The van der Waals surface area contributed by atoms with Crippen LogP contribution in [0.1, 0.15) is 46.5 Å². The van der Waals surface area contributed by atoms with Crippen LogP contribution in [0.3, 0.4) is 0 Å². The summed E-state index contributed by atoms with van der Waals surface area (Å²) < 4.78 is 0. The highest BCUT2D eigenvalue weighted by Crippen LogP contribution is 2.23. The lowest BCUT2D eigenvalue weighted by molar-refractivity contribution is 0.0652. The number of halogens is 1. The first-order chi connectivity index (χ1) is 11.9. The minimum atomic E-state index is -0.216. The summed E-state index contributed by atoms with van der Waals surface area (Å²) in [6.45, 7) is 5.30. The van der Waals surface area contributed by atoms with Gasteiger partial charge in [-0.3, -0.25) is 14.5 Å². The van der Waals surface area contributed by atoms with Crippen molar-refractivity contribution in [3.8, 4) is 0 Å². The molecule has 0 aliphatic carbocycles. The van der Waals surface area contributed by atoms with E-state index in [-0.39, 0.29) is 17.4 Å². The number of carbonyl (C=O) groups excluding carboxylic acids is 2. The van der Waals surface area contributed by atoms with E-state index in [9.17, 15) is 9.59 Å². The molecule has 0 fully saturated rings. The Balaban J connectivity index is 1.55. The van der Waals surface area contributed by atoms with Crippen molar-refractivity contribution in [3.63, 3.8) is 0 Å². The van der Waals surface area contributed by atoms with Gasteiger partial charge >= 0.3 is 0 Å². The van der Waals surface area contributed by atoms with Crippen molar-refractivity contribution in [2.75, 3.05) is 13.1 Å². The fourth-order valence-electron chi connectivity index (χ4n) is 3.05. The lowest BCUT2D eigenvalue weighted by atomic mass is 9.94. The second-order valence-corrected chi connectivity index (χ2v) is 7.16. The summed E-state index contributed by atoms with van der Waals surface area (Å²) in [6.07, 6.45) is 0.697. The van der Waals surface area contributed by atoms with E-state index in [1.165, 1.54) is 4.90 Å². The molecule has 1 heterocycles. The number of carbonyl (C=O) groups is 2. The van der Waals surface area contributed by atoms with Gasteiger partial charge in [0.05, 0.1) is 11.1 Å². The predicted molar refractivity (Wildman–Crippen MR) is 98.9 cm³/mol. The van der Waals surface area contributed by atoms with Gasteiger partial charge in [-0.15, -0.1) is 0 Å². The Kier molecular flexibility index (Phi) is 4.93. The molecule has 5 heteroatoms. The minimum Gasteiger partial charge on any atom is -0.308 e. The Bertz CT molecular complexity index is 765. The third kappa shape index (κ3) is 3.60. The van der Waals surface area contributed by atoms with Gasteiger partial charge in [0.15, 0.2) is 0 Å². The molecule has 1 aliphatic heterocycles. The smallest absolute Gasteiger partial charge is 0.261 e. The second kappa shape index (κ2) is 6.98. The number of hydrogen-bond acceptors (Lipinski definition) is 3. The van der Waals surface area contributed by atoms with Gasteiger partial charge in [-0.05, 0) is 56.6 Å². The van der Waals surface area contributed by atoms with Crippen LogP contribution in [0.25, 0.3) is 0 Å². The van der Waals surface area contributed by atoms with Crippen LogP contribution in [0.4, 0.5) is 0 Å². The Morgan fingerprint density at radius 1 is 0.960 bits per heavy atom. The molecular formula is C20H21ClN2O2. The molecule has 2 amide bonds. The molecule has 2 aromatic rings. The number of imide groups is 1. The summed E-state index contributed by atoms with van der Waals surface area (Å²) in [6, 6.07) is 14.7. The largest absolute Gasteiger partial charge is 0.308 e. The molecular weight excluding hydrogens is 336 g/mol.